The molecule has 0 heterocycles. The fraction of sp³-hybridized carbons (Fsp3) is 0.923. The summed E-state index contributed by atoms with van der Waals surface area (Å²) >= 11 is 0. The van der Waals surface area contributed by atoms with E-state index in [0.717, 1.165) is 19.4 Å². The molecule has 0 aromatic heterocycles. The fourth-order valence-electron chi connectivity index (χ4n) is 2.36. The zero-order chi connectivity index (χ0) is 13.1. The summed E-state index contributed by atoms with van der Waals surface area (Å²) < 4.78 is 5.12. The average molecular weight is 242 g/mol. The van der Waals surface area contributed by atoms with Crippen molar-refractivity contribution >= 4 is 5.97 Å². The van der Waals surface area contributed by atoms with Gasteiger partial charge in [0.15, 0.2) is 0 Å². The van der Waals surface area contributed by atoms with E-state index in [1.807, 2.05) is 14.0 Å². The van der Waals surface area contributed by atoms with Gasteiger partial charge in [0.2, 0.25) is 0 Å². The van der Waals surface area contributed by atoms with Gasteiger partial charge >= 0.3 is 5.97 Å². The van der Waals surface area contributed by atoms with Crippen molar-refractivity contribution in [3.63, 3.8) is 0 Å². The third-order valence-corrected chi connectivity index (χ3v) is 3.17. The maximum Gasteiger partial charge on any atom is 0.327 e. The Hall–Kier alpha value is -0.610. The first kappa shape index (κ1) is 14.5. The number of ether oxygens (including phenoxy) is 1. The van der Waals surface area contributed by atoms with Gasteiger partial charge in [0, 0.05) is 13.1 Å². The highest BCUT2D eigenvalue weighted by atomic mass is 16.5. The van der Waals surface area contributed by atoms with Crippen LogP contribution in [0, 0.1) is 11.8 Å². The first-order valence-corrected chi connectivity index (χ1v) is 6.54. The zero-order valence-corrected chi connectivity index (χ0v) is 11.5. The van der Waals surface area contributed by atoms with Crippen LogP contribution in [-0.2, 0) is 9.53 Å². The van der Waals surface area contributed by atoms with Crippen molar-refractivity contribution in [2.24, 2.45) is 17.6 Å². The maximum atomic E-state index is 12.0. The Morgan fingerprint density at radius 1 is 1.53 bits per heavy atom. The SMILES string of the molecule is CCOC(=O)C(N)(CN(C)CC(C)C)C1CC1. The van der Waals surface area contributed by atoms with E-state index in [0.29, 0.717) is 25.0 Å². The van der Waals surface area contributed by atoms with Crippen molar-refractivity contribution in [2.45, 2.75) is 39.2 Å². The van der Waals surface area contributed by atoms with Gasteiger partial charge < -0.3 is 15.4 Å². The van der Waals surface area contributed by atoms with Gasteiger partial charge in [-0.05, 0) is 38.6 Å². The van der Waals surface area contributed by atoms with E-state index in [9.17, 15) is 4.79 Å². The zero-order valence-electron chi connectivity index (χ0n) is 11.5. The number of hydrogen-bond acceptors (Lipinski definition) is 4. The van der Waals surface area contributed by atoms with Crippen molar-refractivity contribution in [1.29, 1.82) is 0 Å². The fourth-order valence-corrected chi connectivity index (χ4v) is 2.36. The Morgan fingerprint density at radius 2 is 2.12 bits per heavy atom. The molecular weight excluding hydrogens is 216 g/mol. The van der Waals surface area contributed by atoms with Gasteiger partial charge in [-0.3, -0.25) is 0 Å². The van der Waals surface area contributed by atoms with Crippen molar-refractivity contribution in [3.8, 4) is 0 Å². The number of nitrogens with zero attached hydrogens (tertiary/aromatic N) is 1. The first-order chi connectivity index (χ1) is 7.90. The Bertz CT molecular complexity index is 264. The Kier molecular flexibility index (Phi) is 4.95. The summed E-state index contributed by atoms with van der Waals surface area (Å²) in [6.45, 7) is 8.09. The number of rotatable bonds is 7. The van der Waals surface area contributed by atoms with Crippen LogP contribution in [0.15, 0.2) is 0 Å². The molecule has 0 saturated heterocycles. The average Bonchev–Trinajstić information content (AvgIpc) is 2.99. The van der Waals surface area contributed by atoms with Gasteiger partial charge in [-0.1, -0.05) is 13.8 Å². The summed E-state index contributed by atoms with van der Waals surface area (Å²) in [6, 6.07) is 0. The third kappa shape index (κ3) is 3.96. The lowest BCUT2D eigenvalue weighted by atomic mass is 9.93. The molecule has 1 unspecified atom stereocenters. The number of likely N-dealkylation sites (N-methyl/N-ethyl adjacent to an activating group) is 1. The number of hydrogen-bond donors (Lipinski definition) is 1. The molecule has 100 valence electrons. The predicted octanol–water partition coefficient (Wildman–Crippen LogP) is 1.24. The topological polar surface area (TPSA) is 55.6 Å². The lowest BCUT2D eigenvalue weighted by Gasteiger charge is -2.32. The van der Waals surface area contributed by atoms with Gasteiger partial charge in [-0.2, -0.15) is 0 Å². The predicted molar refractivity (Wildman–Crippen MR) is 68.6 cm³/mol. The van der Waals surface area contributed by atoms with E-state index >= 15 is 0 Å². The molecule has 0 aromatic rings. The molecule has 4 heteroatoms. The third-order valence-electron chi connectivity index (χ3n) is 3.17. The lowest BCUT2D eigenvalue weighted by molar-refractivity contribution is -0.151. The van der Waals surface area contributed by atoms with E-state index in [-0.39, 0.29) is 5.97 Å². The monoisotopic (exact) mass is 242 g/mol. The Labute approximate surface area is 104 Å². The molecule has 4 nitrogen and oxygen atoms in total. The van der Waals surface area contributed by atoms with Crippen LogP contribution in [0.2, 0.25) is 0 Å². The van der Waals surface area contributed by atoms with E-state index in [4.69, 9.17) is 10.5 Å². The van der Waals surface area contributed by atoms with E-state index in [2.05, 4.69) is 18.7 Å². The van der Waals surface area contributed by atoms with Crippen LogP contribution in [0.4, 0.5) is 0 Å². The minimum Gasteiger partial charge on any atom is -0.465 e. The van der Waals surface area contributed by atoms with Gasteiger partial charge in [0.05, 0.1) is 6.61 Å². The molecule has 17 heavy (non-hydrogen) atoms. The molecule has 0 spiro atoms. The molecule has 0 radical (unpaired) electrons. The molecule has 1 aliphatic carbocycles. The summed E-state index contributed by atoms with van der Waals surface area (Å²) in [5.41, 5.74) is 5.49. The molecule has 1 rings (SSSR count). The lowest BCUT2D eigenvalue weighted by Crippen LogP contribution is -2.58. The molecule has 0 aliphatic heterocycles. The second-order valence-corrected chi connectivity index (χ2v) is 5.63. The molecule has 1 fully saturated rings. The minimum atomic E-state index is -0.806. The largest absolute Gasteiger partial charge is 0.465 e. The van der Waals surface area contributed by atoms with Gasteiger partial charge in [0.1, 0.15) is 5.54 Å². The van der Waals surface area contributed by atoms with Gasteiger partial charge in [-0.25, -0.2) is 4.79 Å². The summed E-state index contributed by atoms with van der Waals surface area (Å²) in [6.07, 6.45) is 2.09. The molecule has 2 N–H and O–H groups in total. The van der Waals surface area contributed by atoms with Crippen molar-refractivity contribution in [3.05, 3.63) is 0 Å². The van der Waals surface area contributed by atoms with Crippen LogP contribution >= 0.6 is 0 Å². The molecular formula is C13H26N2O2. The summed E-state index contributed by atoms with van der Waals surface area (Å²) in [5, 5.41) is 0. The van der Waals surface area contributed by atoms with E-state index in [1.165, 1.54) is 0 Å². The Morgan fingerprint density at radius 3 is 2.53 bits per heavy atom. The highest BCUT2D eigenvalue weighted by Crippen LogP contribution is 2.39. The van der Waals surface area contributed by atoms with Gasteiger partial charge in [0.25, 0.3) is 0 Å². The molecule has 1 saturated carbocycles. The van der Waals surface area contributed by atoms with Crippen LogP contribution in [0.25, 0.3) is 0 Å². The van der Waals surface area contributed by atoms with E-state index < -0.39 is 5.54 Å². The number of carbonyl (C=O) groups is 1. The van der Waals surface area contributed by atoms with Crippen molar-refractivity contribution in [2.75, 3.05) is 26.7 Å². The summed E-state index contributed by atoms with van der Waals surface area (Å²) in [5.74, 6) is 0.639. The van der Waals surface area contributed by atoms with E-state index in [1.54, 1.807) is 0 Å². The highest BCUT2D eigenvalue weighted by Gasteiger charge is 2.49. The van der Waals surface area contributed by atoms with Crippen molar-refractivity contribution < 1.29 is 9.53 Å². The molecule has 0 amide bonds. The first-order valence-electron chi connectivity index (χ1n) is 6.54. The molecule has 1 atom stereocenters. The molecule has 0 aromatic carbocycles. The second-order valence-electron chi connectivity index (χ2n) is 5.63. The highest BCUT2D eigenvalue weighted by molar-refractivity contribution is 5.82. The Balaban J connectivity index is 2.61. The normalized spacial score (nSPS) is 19.5. The standard InChI is InChI=1S/C13H26N2O2/c1-5-17-12(16)13(14,11-6-7-11)9-15(4)8-10(2)3/h10-11H,5-9,14H2,1-4H3. The quantitative estimate of drug-likeness (QED) is 0.683. The van der Waals surface area contributed by atoms with Crippen LogP contribution in [0.5, 0.6) is 0 Å². The molecule has 1 aliphatic rings. The molecule has 0 bridgehead atoms. The summed E-state index contributed by atoms with van der Waals surface area (Å²) in [7, 11) is 2.02. The number of nitrogens with two attached hydrogens (primary N) is 1. The van der Waals surface area contributed by atoms with Crippen molar-refractivity contribution in [1.82, 2.24) is 4.90 Å². The smallest absolute Gasteiger partial charge is 0.327 e. The number of esters is 1. The maximum absolute atomic E-state index is 12.0. The van der Waals surface area contributed by atoms with Crippen LogP contribution < -0.4 is 5.73 Å². The second kappa shape index (κ2) is 5.83. The number of carbonyl (C=O) groups excluding carboxylic acids is 1. The van der Waals surface area contributed by atoms with Crippen LogP contribution in [0.1, 0.15) is 33.6 Å². The summed E-state index contributed by atoms with van der Waals surface area (Å²) in [4.78, 5) is 14.1. The van der Waals surface area contributed by atoms with Crippen LogP contribution in [0.3, 0.4) is 0 Å². The van der Waals surface area contributed by atoms with Gasteiger partial charge in [-0.15, -0.1) is 0 Å². The minimum absolute atomic E-state index is 0.238. The van der Waals surface area contributed by atoms with Crippen LogP contribution in [-0.4, -0.2) is 43.2 Å².